The fraction of sp³-hybridized carbons (Fsp3) is 0.333. The van der Waals surface area contributed by atoms with Crippen LogP contribution in [-0.2, 0) is 22.0 Å². The molecule has 1 unspecified atom stereocenters. The van der Waals surface area contributed by atoms with E-state index < -0.39 is 34.4 Å². The normalized spacial score (nSPS) is 13.2. The molecule has 1 heterocycles. The second kappa shape index (κ2) is 11.2. The Kier molecular flexibility index (Phi) is 8.90. The zero-order chi connectivity index (χ0) is 23.0. The summed E-state index contributed by atoms with van der Waals surface area (Å²) in [5.74, 6) is -1.90. The van der Waals surface area contributed by atoms with Crippen LogP contribution < -0.4 is 15.9 Å². The lowest BCUT2D eigenvalue weighted by Gasteiger charge is -2.09. The van der Waals surface area contributed by atoms with Gasteiger partial charge in [-0.2, -0.15) is 13.2 Å². The van der Waals surface area contributed by atoms with E-state index in [0.29, 0.717) is 12.1 Å². The number of nitrogens with one attached hydrogen (secondary N) is 2. The number of nitrogens with two attached hydrogens (primary N) is 1. The SMILES string of the molecule is NS(=O)CCC(=O)NCCSc1nonc1C(=Nc1ccc(F)c(C(F)(F)F)c1)NO. The van der Waals surface area contributed by atoms with Gasteiger partial charge < -0.3 is 5.32 Å². The van der Waals surface area contributed by atoms with Gasteiger partial charge in [-0.25, -0.2) is 18.2 Å². The molecule has 10 nitrogen and oxygen atoms in total. The van der Waals surface area contributed by atoms with E-state index in [-0.39, 0.29) is 46.8 Å². The van der Waals surface area contributed by atoms with Crippen LogP contribution in [0.1, 0.15) is 17.7 Å². The van der Waals surface area contributed by atoms with Crippen molar-refractivity contribution in [3.05, 3.63) is 35.3 Å². The maximum atomic E-state index is 13.4. The number of carbonyl (C=O) groups is 1. The van der Waals surface area contributed by atoms with Gasteiger partial charge in [0.1, 0.15) is 5.82 Å². The van der Waals surface area contributed by atoms with Gasteiger partial charge >= 0.3 is 6.18 Å². The highest BCUT2D eigenvalue weighted by Crippen LogP contribution is 2.34. The predicted octanol–water partition coefficient (Wildman–Crippen LogP) is 1.51. The van der Waals surface area contributed by atoms with Gasteiger partial charge in [0.15, 0.2) is 16.6 Å². The first-order valence-electron chi connectivity index (χ1n) is 8.32. The fourth-order valence-electron chi connectivity index (χ4n) is 2.10. The summed E-state index contributed by atoms with van der Waals surface area (Å²) in [4.78, 5) is 15.3. The Labute approximate surface area is 179 Å². The molecule has 5 N–H and O–H groups in total. The van der Waals surface area contributed by atoms with Crippen molar-refractivity contribution >= 4 is 40.2 Å². The largest absolute Gasteiger partial charge is 0.419 e. The minimum atomic E-state index is -4.93. The third-order valence-corrected chi connectivity index (χ3v) is 5.03. The molecule has 0 radical (unpaired) electrons. The average Bonchev–Trinajstić information content (AvgIpc) is 3.16. The van der Waals surface area contributed by atoms with Crippen LogP contribution >= 0.6 is 11.8 Å². The second-order valence-corrected chi connectivity index (χ2v) is 7.94. The van der Waals surface area contributed by atoms with Crippen LogP contribution in [0.5, 0.6) is 0 Å². The van der Waals surface area contributed by atoms with E-state index >= 15 is 0 Å². The Morgan fingerprint density at radius 3 is 2.74 bits per heavy atom. The van der Waals surface area contributed by atoms with Crippen molar-refractivity contribution < 1.29 is 36.4 Å². The number of alkyl halides is 3. The Balaban J connectivity index is 2.07. The molecule has 0 saturated carbocycles. The van der Waals surface area contributed by atoms with Gasteiger partial charge in [-0.15, -0.1) is 0 Å². The van der Waals surface area contributed by atoms with E-state index in [1.807, 2.05) is 0 Å². The summed E-state index contributed by atoms with van der Waals surface area (Å²) in [5, 5.41) is 24.2. The Morgan fingerprint density at radius 1 is 1.35 bits per heavy atom. The third-order valence-electron chi connectivity index (χ3n) is 3.48. The van der Waals surface area contributed by atoms with Crippen LogP contribution in [0, 0.1) is 5.82 Å². The quantitative estimate of drug-likeness (QED) is 0.104. The van der Waals surface area contributed by atoms with Crippen molar-refractivity contribution in [2.24, 2.45) is 10.1 Å². The molecule has 0 fully saturated rings. The lowest BCUT2D eigenvalue weighted by Crippen LogP contribution is -2.27. The maximum Gasteiger partial charge on any atom is 0.419 e. The third kappa shape index (κ3) is 7.57. The molecule has 2 rings (SSSR count). The van der Waals surface area contributed by atoms with Gasteiger partial charge in [-0.3, -0.25) is 20.6 Å². The number of benzene rings is 1. The zero-order valence-electron chi connectivity index (χ0n) is 15.5. The standard InChI is InChI=1S/C15H16F4N6O4S2/c16-10-2-1-8(7-9(10)15(17,18)19)22-13(23-27)12-14(25-29-24-12)30-5-4-21-11(26)3-6-31(20)28/h1-2,7,27H,3-6,20H2,(H,21,26)(H,22,23). The number of hydrogen-bond donors (Lipinski definition) is 4. The Bertz CT molecular complexity index is 969. The molecule has 0 spiro atoms. The number of rotatable bonds is 9. The van der Waals surface area contributed by atoms with Crippen molar-refractivity contribution in [1.29, 1.82) is 0 Å². The van der Waals surface area contributed by atoms with Crippen molar-refractivity contribution in [3.8, 4) is 0 Å². The van der Waals surface area contributed by atoms with Crippen LogP contribution in [0.2, 0.25) is 0 Å². The Hall–Kier alpha value is -2.56. The fourth-order valence-corrected chi connectivity index (χ4v) is 3.24. The van der Waals surface area contributed by atoms with E-state index in [0.717, 1.165) is 17.8 Å². The molecule has 1 amide bonds. The topological polar surface area (TPSA) is 156 Å². The highest BCUT2D eigenvalue weighted by molar-refractivity contribution is 7.99. The van der Waals surface area contributed by atoms with Gasteiger partial charge in [0.05, 0.1) is 22.2 Å². The summed E-state index contributed by atoms with van der Waals surface area (Å²) in [6, 6.07) is 2.04. The van der Waals surface area contributed by atoms with Gasteiger partial charge in [-0.05, 0) is 28.5 Å². The second-order valence-electron chi connectivity index (χ2n) is 5.69. The first-order chi connectivity index (χ1) is 14.6. The van der Waals surface area contributed by atoms with E-state index in [9.17, 15) is 31.8 Å². The minimum absolute atomic E-state index is 0.00658. The van der Waals surface area contributed by atoms with Crippen molar-refractivity contribution in [3.63, 3.8) is 0 Å². The molecule has 0 aliphatic heterocycles. The smallest absolute Gasteiger partial charge is 0.355 e. The molecule has 31 heavy (non-hydrogen) atoms. The summed E-state index contributed by atoms with van der Waals surface area (Å²) in [6.45, 7) is 0.193. The molecule has 2 aromatic rings. The predicted molar refractivity (Wildman–Crippen MR) is 102 cm³/mol. The molecule has 0 bridgehead atoms. The monoisotopic (exact) mass is 484 g/mol. The summed E-state index contributed by atoms with van der Waals surface area (Å²) >= 11 is 1.05. The molecule has 0 aliphatic rings. The molecule has 0 saturated heterocycles. The van der Waals surface area contributed by atoms with E-state index in [4.69, 9.17) is 5.14 Å². The highest BCUT2D eigenvalue weighted by atomic mass is 32.2. The first-order valence-corrected chi connectivity index (χ1v) is 10.7. The van der Waals surface area contributed by atoms with Gasteiger partial charge in [0.2, 0.25) is 5.91 Å². The molecule has 1 atom stereocenters. The number of amides is 1. The number of hydrogen-bond acceptors (Lipinski definition) is 8. The number of halogens is 4. The number of nitrogens with zero attached hydrogens (tertiary/aromatic N) is 3. The van der Waals surface area contributed by atoms with Crippen LogP contribution in [0.3, 0.4) is 0 Å². The Morgan fingerprint density at radius 2 is 2.10 bits per heavy atom. The summed E-state index contributed by atoms with van der Waals surface area (Å²) in [7, 11) is -1.58. The van der Waals surface area contributed by atoms with Crippen LogP contribution in [0.25, 0.3) is 0 Å². The number of amidine groups is 1. The molecule has 16 heteroatoms. The van der Waals surface area contributed by atoms with E-state index in [1.54, 1.807) is 5.48 Å². The number of carbonyl (C=O) groups excluding carboxylic acids is 1. The molecule has 1 aromatic carbocycles. The van der Waals surface area contributed by atoms with Crippen LogP contribution in [-0.4, -0.2) is 49.5 Å². The molecule has 0 aliphatic carbocycles. The summed E-state index contributed by atoms with van der Waals surface area (Å²) < 4.78 is 67.3. The van der Waals surface area contributed by atoms with Crippen LogP contribution in [0.15, 0.2) is 32.8 Å². The lowest BCUT2D eigenvalue weighted by molar-refractivity contribution is -0.140. The molecule has 170 valence electrons. The van der Waals surface area contributed by atoms with Crippen molar-refractivity contribution in [2.75, 3.05) is 18.1 Å². The molecular formula is C15H16F4N6O4S2. The van der Waals surface area contributed by atoms with E-state index in [2.05, 4.69) is 25.3 Å². The van der Waals surface area contributed by atoms with Gasteiger partial charge in [0, 0.05) is 24.5 Å². The van der Waals surface area contributed by atoms with Crippen molar-refractivity contribution in [1.82, 2.24) is 21.1 Å². The molecular weight excluding hydrogens is 468 g/mol. The number of aromatic nitrogens is 2. The highest BCUT2D eigenvalue weighted by Gasteiger charge is 2.34. The van der Waals surface area contributed by atoms with Crippen molar-refractivity contribution in [2.45, 2.75) is 17.6 Å². The summed E-state index contributed by atoms with van der Waals surface area (Å²) in [5.41, 5.74) is -0.256. The number of aliphatic imine (C=N–C) groups is 1. The van der Waals surface area contributed by atoms with Crippen LogP contribution in [0.4, 0.5) is 23.2 Å². The maximum absolute atomic E-state index is 13.4. The number of thioether (sulfide) groups is 1. The molecule has 1 aromatic heterocycles. The first kappa shape index (κ1) is 24.7. The number of hydroxylamine groups is 1. The van der Waals surface area contributed by atoms with Gasteiger partial charge in [-0.1, -0.05) is 11.8 Å². The minimum Gasteiger partial charge on any atom is -0.355 e. The summed E-state index contributed by atoms with van der Waals surface area (Å²) in [6.07, 6.45) is -4.93. The average molecular weight is 484 g/mol. The van der Waals surface area contributed by atoms with E-state index in [1.165, 1.54) is 0 Å². The van der Waals surface area contributed by atoms with Gasteiger partial charge in [0.25, 0.3) is 0 Å². The zero-order valence-corrected chi connectivity index (χ0v) is 17.1. The lowest BCUT2D eigenvalue weighted by atomic mass is 10.2.